The van der Waals surface area contributed by atoms with Gasteiger partial charge in [-0.2, -0.15) is 0 Å². The fraction of sp³-hybridized carbons (Fsp3) is 0.708. The first-order valence-corrected chi connectivity index (χ1v) is 12.9. The lowest BCUT2D eigenvalue weighted by atomic mass is 10.1. The van der Waals surface area contributed by atoms with Crippen LogP contribution in [-0.2, 0) is 4.79 Å². The first-order valence-electron chi connectivity index (χ1n) is 11.0. The summed E-state index contributed by atoms with van der Waals surface area (Å²) in [6.07, 6.45) is 10.7. The second kappa shape index (κ2) is 14.2. The van der Waals surface area contributed by atoms with E-state index in [2.05, 4.69) is 51.7 Å². The third-order valence-corrected chi connectivity index (χ3v) is 7.92. The van der Waals surface area contributed by atoms with Gasteiger partial charge in [-0.25, -0.2) is 0 Å². The number of rotatable bonds is 14. The zero-order chi connectivity index (χ0) is 20.1. The van der Waals surface area contributed by atoms with Gasteiger partial charge in [0.1, 0.15) is 0 Å². The van der Waals surface area contributed by atoms with E-state index >= 15 is 0 Å². The molecule has 154 valence electrons. The molecule has 0 saturated carbocycles. The smallest absolute Gasteiger partial charge is 0.231 e. The molecule has 0 radical (unpaired) electrons. The molecule has 0 aliphatic rings. The number of nitrogens with zero attached hydrogens (tertiary/aromatic N) is 1. The Morgan fingerprint density at radius 1 is 0.889 bits per heavy atom. The quantitative estimate of drug-likeness (QED) is 0.243. The summed E-state index contributed by atoms with van der Waals surface area (Å²) < 4.78 is 0. The monoisotopic (exact) mass is 391 g/mol. The summed E-state index contributed by atoms with van der Waals surface area (Å²) in [5.74, 6) is 1.68. The zero-order valence-corrected chi connectivity index (χ0v) is 19.3. The molecule has 27 heavy (non-hydrogen) atoms. The van der Waals surface area contributed by atoms with Gasteiger partial charge in [-0.1, -0.05) is 92.8 Å². The summed E-state index contributed by atoms with van der Waals surface area (Å²) in [6.45, 7) is 12.2. The first-order chi connectivity index (χ1) is 12.9. The first kappa shape index (κ1) is 24.2. The van der Waals surface area contributed by atoms with Crippen LogP contribution in [0.4, 0.5) is 5.69 Å². The average molecular weight is 392 g/mol. The Morgan fingerprint density at radius 3 is 2.00 bits per heavy atom. The van der Waals surface area contributed by atoms with Gasteiger partial charge in [0.25, 0.3) is 0 Å². The normalized spacial score (nSPS) is 11.6. The molecule has 0 aliphatic heterocycles. The molecule has 0 bridgehead atoms. The van der Waals surface area contributed by atoms with Crippen LogP contribution in [-0.4, -0.2) is 30.9 Å². The lowest BCUT2D eigenvalue weighted by Gasteiger charge is -2.27. The van der Waals surface area contributed by atoms with Gasteiger partial charge in [-0.05, 0) is 42.7 Å². The molecule has 0 aliphatic carbocycles. The van der Waals surface area contributed by atoms with E-state index in [0.29, 0.717) is 17.7 Å². The molecule has 0 N–H and O–H groups in total. The fourth-order valence-electron chi connectivity index (χ4n) is 3.57. The number of amides is 1. The van der Waals surface area contributed by atoms with Crippen molar-refractivity contribution in [2.45, 2.75) is 73.1 Å². The van der Waals surface area contributed by atoms with Crippen molar-refractivity contribution < 1.29 is 4.79 Å². The van der Waals surface area contributed by atoms with Crippen molar-refractivity contribution in [2.24, 2.45) is 11.8 Å². The van der Waals surface area contributed by atoms with E-state index in [0.717, 1.165) is 24.8 Å². The van der Waals surface area contributed by atoms with Crippen LogP contribution in [0.25, 0.3) is 0 Å². The predicted octanol–water partition coefficient (Wildman–Crippen LogP) is 7.17. The van der Waals surface area contributed by atoms with Gasteiger partial charge in [-0.15, -0.1) is 0 Å². The number of anilines is 1. The summed E-state index contributed by atoms with van der Waals surface area (Å²) in [4.78, 5) is 15.3. The highest BCUT2D eigenvalue weighted by atomic mass is 31.1. The molecule has 1 aromatic carbocycles. The molecule has 0 atom stereocenters. The van der Waals surface area contributed by atoms with Gasteiger partial charge in [0, 0.05) is 18.4 Å². The van der Waals surface area contributed by atoms with Crippen molar-refractivity contribution in [3.63, 3.8) is 0 Å². The average Bonchev–Trinajstić information content (AvgIpc) is 2.60. The minimum Gasteiger partial charge on any atom is -0.312 e. The highest BCUT2D eigenvalue weighted by molar-refractivity contribution is 7.58. The van der Waals surface area contributed by atoms with Crippen LogP contribution in [0.1, 0.15) is 73.1 Å². The molecular weight excluding hydrogens is 349 g/mol. The lowest BCUT2D eigenvalue weighted by Crippen LogP contribution is -2.34. The molecule has 0 saturated heterocycles. The third kappa shape index (κ3) is 10.9. The SMILES string of the molecule is CCCCCCCCN(C(=O)CP(CC(C)C)CC(C)C)c1ccccc1. The molecular formula is C24H42NOP. The molecule has 0 spiro atoms. The summed E-state index contributed by atoms with van der Waals surface area (Å²) in [5.41, 5.74) is 1.07. The summed E-state index contributed by atoms with van der Waals surface area (Å²) in [7, 11) is -0.220. The van der Waals surface area contributed by atoms with Crippen LogP contribution in [0.15, 0.2) is 30.3 Å². The maximum atomic E-state index is 13.2. The maximum absolute atomic E-state index is 13.2. The van der Waals surface area contributed by atoms with E-state index in [9.17, 15) is 4.79 Å². The van der Waals surface area contributed by atoms with Crippen LogP contribution in [0.3, 0.4) is 0 Å². The minimum absolute atomic E-state index is 0.220. The van der Waals surface area contributed by atoms with Gasteiger partial charge in [0.15, 0.2) is 0 Å². The van der Waals surface area contributed by atoms with E-state index in [1.165, 1.54) is 44.4 Å². The highest BCUT2D eigenvalue weighted by Crippen LogP contribution is 2.40. The largest absolute Gasteiger partial charge is 0.312 e. The maximum Gasteiger partial charge on any atom is 0.231 e. The predicted molar refractivity (Wildman–Crippen MR) is 123 cm³/mol. The van der Waals surface area contributed by atoms with E-state index in [-0.39, 0.29) is 7.92 Å². The molecule has 0 heterocycles. The lowest BCUT2D eigenvalue weighted by molar-refractivity contribution is -0.116. The fourth-order valence-corrected chi connectivity index (χ4v) is 6.60. The topological polar surface area (TPSA) is 20.3 Å². The Morgan fingerprint density at radius 2 is 1.44 bits per heavy atom. The highest BCUT2D eigenvalue weighted by Gasteiger charge is 2.21. The van der Waals surface area contributed by atoms with E-state index in [4.69, 9.17) is 0 Å². The van der Waals surface area contributed by atoms with Crippen LogP contribution in [0, 0.1) is 11.8 Å². The number of hydrogen-bond donors (Lipinski definition) is 0. The second-order valence-electron chi connectivity index (χ2n) is 8.63. The Hall–Kier alpha value is -0.880. The van der Waals surface area contributed by atoms with Crippen LogP contribution >= 0.6 is 7.92 Å². The number of carbonyl (C=O) groups is 1. The van der Waals surface area contributed by atoms with Crippen molar-refractivity contribution in [2.75, 3.05) is 29.9 Å². The van der Waals surface area contributed by atoms with Gasteiger partial charge in [0.2, 0.25) is 5.91 Å². The Labute approximate surface area is 169 Å². The van der Waals surface area contributed by atoms with Crippen molar-refractivity contribution >= 4 is 19.5 Å². The summed E-state index contributed by atoms with van der Waals surface area (Å²) >= 11 is 0. The van der Waals surface area contributed by atoms with Crippen molar-refractivity contribution in [3.8, 4) is 0 Å². The standard InChI is InChI=1S/C24H42NOP/c1-6-7-8-9-10-14-17-25(23-15-12-11-13-16-23)24(26)20-27(18-21(2)3)19-22(4)5/h11-13,15-16,21-22H,6-10,14,17-20H2,1-5H3. The Kier molecular flexibility index (Phi) is 12.7. The third-order valence-electron chi connectivity index (χ3n) is 4.71. The second-order valence-corrected chi connectivity index (χ2v) is 11.0. The molecule has 1 aromatic rings. The van der Waals surface area contributed by atoms with E-state index < -0.39 is 0 Å². The van der Waals surface area contributed by atoms with E-state index in [1.807, 2.05) is 18.2 Å². The van der Waals surface area contributed by atoms with Crippen molar-refractivity contribution in [1.29, 1.82) is 0 Å². The molecule has 1 amide bonds. The molecule has 0 fully saturated rings. The Balaban J connectivity index is 2.70. The number of carbonyl (C=O) groups excluding carboxylic acids is 1. The van der Waals surface area contributed by atoms with Gasteiger partial charge >= 0.3 is 0 Å². The molecule has 1 rings (SSSR count). The number of benzene rings is 1. The number of para-hydroxylation sites is 1. The number of hydrogen-bond acceptors (Lipinski definition) is 1. The molecule has 3 heteroatoms. The zero-order valence-electron chi connectivity index (χ0n) is 18.4. The molecule has 0 unspecified atom stereocenters. The van der Waals surface area contributed by atoms with Gasteiger partial charge in [0.05, 0.1) is 0 Å². The van der Waals surface area contributed by atoms with Gasteiger partial charge in [-0.3, -0.25) is 4.79 Å². The van der Waals surface area contributed by atoms with Crippen LogP contribution in [0.5, 0.6) is 0 Å². The minimum atomic E-state index is -0.220. The van der Waals surface area contributed by atoms with Crippen LogP contribution < -0.4 is 4.90 Å². The van der Waals surface area contributed by atoms with Crippen LogP contribution in [0.2, 0.25) is 0 Å². The summed E-state index contributed by atoms with van der Waals surface area (Å²) in [6, 6.07) is 10.3. The van der Waals surface area contributed by atoms with E-state index in [1.54, 1.807) is 0 Å². The van der Waals surface area contributed by atoms with Crippen molar-refractivity contribution in [3.05, 3.63) is 30.3 Å². The molecule has 2 nitrogen and oxygen atoms in total. The summed E-state index contributed by atoms with van der Waals surface area (Å²) in [5, 5.41) is 0. The van der Waals surface area contributed by atoms with Crippen molar-refractivity contribution in [1.82, 2.24) is 0 Å². The van der Waals surface area contributed by atoms with Gasteiger partial charge < -0.3 is 4.90 Å². The number of unbranched alkanes of at least 4 members (excludes halogenated alkanes) is 5. The Bertz CT molecular complexity index is 490. The molecule has 0 aromatic heterocycles.